The fraction of sp³-hybridized carbons (Fsp3) is 0.182. The maximum atomic E-state index is 12.9. The fourth-order valence-electron chi connectivity index (χ4n) is 2.87. The van der Waals surface area contributed by atoms with Crippen LogP contribution in [0.25, 0.3) is 11.4 Å². The number of nitrogens with zero attached hydrogens (tertiary/aromatic N) is 4. The highest BCUT2D eigenvalue weighted by Crippen LogP contribution is 2.28. The highest BCUT2D eigenvalue weighted by Gasteiger charge is 2.15. The second-order valence-electron chi connectivity index (χ2n) is 6.98. The first-order chi connectivity index (χ1) is 17.0. The Morgan fingerprint density at radius 1 is 1.09 bits per heavy atom. The van der Waals surface area contributed by atoms with Crippen molar-refractivity contribution in [2.45, 2.75) is 17.2 Å². The van der Waals surface area contributed by atoms with Gasteiger partial charge in [0, 0.05) is 18.5 Å². The van der Waals surface area contributed by atoms with E-state index in [0.29, 0.717) is 38.2 Å². The third-order valence-corrected chi connectivity index (χ3v) is 6.46. The molecule has 0 aliphatic heterocycles. The molecule has 0 unspecified atom stereocenters. The van der Waals surface area contributed by atoms with E-state index in [9.17, 15) is 14.0 Å². The van der Waals surface area contributed by atoms with E-state index in [1.165, 1.54) is 36.0 Å². The van der Waals surface area contributed by atoms with Crippen molar-refractivity contribution >= 4 is 45.7 Å². The molecule has 2 N–H and O–H groups in total. The van der Waals surface area contributed by atoms with E-state index in [0.717, 1.165) is 11.3 Å². The van der Waals surface area contributed by atoms with Gasteiger partial charge in [0.15, 0.2) is 4.34 Å². The van der Waals surface area contributed by atoms with E-state index >= 15 is 0 Å². The average Bonchev–Trinajstić information content (AvgIpc) is 3.52. The van der Waals surface area contributed by atoms with Gasteiger partial charge in [0.25, 0.3) is 0 Å². The summed E-state index contributed by atoms with van der Waals surface area (Å²) in [5.41, 5.74) is 1.19. The molecule has 35 heavy (non-hydrogen) atoms. The Labute approximate surface area is 207 Å². The molecule has 2 aromatic heterocycles. The maximum absolute atomic E-state index is 12.9. The Bertz CT molecular complexity index is 1310. The van der Waals surface area contributed by atoms with Crippen molar-refractivity contribution in [3.63, 3.8) is 0 Å². The van der Waals surface area contributed by atoms with Crippen LogP contribution < -0.4 is 15.4 Å². The van der Waals surface area contributed by atoms with Crippen LogP contribution in [0.5, 0.6) is 5.75 Å². The molecule has 0 aliphatic carbocycles. The minimum Gasteiger partial charge on any atom is -0.496 e. The molecule has 13 heteroatoms. The quantitative estimate of drug-likeness (QED) is 0.238. The van der Waals surface area contributed by atoms with Gasteiger partial charge in [-0.1, -0.05) is 40.4 Å². The molecule has 180 valence electrons. The summed E-state index contributed by atoms with van der Waals surface area (Å²) in [6, 6.07) is 12.8. The predicted octanol–water partition coefficient (Wildman–Crippen LogP) is 4.04. The summed E-state index contributed by atoms with van der Waals surface area (Å²) in [5, 5.41) is 17.5. The van der Waals surface area contributed by atoms with E-state index in [4.69, 9.17) is 9.26 Å². The lowest BCUT2D eigenvalue weighted by atomic mass is 10.2. The molecule has 2 heterocycles. The van der Waals surface area contributed by atoms with Gasteiger partial charge in [-0.15, -0.1) is 10.2 Å². The minimum atomic E-state index is -0.379. The van der Waals surface area contributed by atoms with Gasteiger partial charge in [0.1, 0.15) is 11.6 Å². The molecule has 0 saturated heterocycles. The monoisotopic (exact) mass is 514 g/mol. The molecule has 2 amide bonds. The number of anilines is 2. The van der Waals surface area contributed by atoms with Crippen molar-refractivity contribution in [1.29, 1.82) is 0 Å². The number of carbonyl (C=O) groups excluding carboxylic acids is 2. The number of hydrogen-bond donors (Lipinski definition) is 2. The topological polar surface area (TPSA) is 132 Å². The van der Waals surface area contributed by atoms with Crippen molar-refractivity contribution < 1.29 is 23.2 Å². The number of rotatable bonds is 10. The number of ether oxygens (including phenoxy) is 1. The molecular weight excluding hydrogens is 495 g/mol. The summed E-state index contributed by atoms with van der Waals surface area (Å²) < 4.78 is 24.0. The number of nitrogens with one attached hydrogen (secondary N) is 2. The van der Waals surface area contributed by atoms with Crippen LogP contribution in [0.4, 0.5) is 15.2 Å². The third-order valence-electron chi connectivity index (χ3n) is 4.49. The van der Waals surface area contributed by atoms with Crippen LogP contribution in [-0.2, 0) is 16.0 Å². The van der Waals surface area contributed by atoms with Gasteiger partial charge in [-0.2, -0.15) is 4.98 Å². The van der Waals surface area contributed by atoms with Crippen LogP contribution in [-0.4, -0.2) is 45.0 Å². The summed E-state index contributed by atoms with van der Waals surface area (Å²) in [4.78, 5) is 28.6. The number of halogens is 1. The van der Waals surface area contributed by atoms with Gasteiger partial charge in [0.05, 0.1) is 18.4 Å². The van der Waals surface area contributed by atoms with Gasteiger partial charge in [0.2, 0.25) is 28.7 Å². The molecule has 2 aromatic carbocycles. The first-order valence-electron chi connectivity index (χ1n) is 10.3. The SMILES string of the molecule is COc1ccccc1-c1noc(CCC(=O)Nc2nnc(SCC(=O)Nc3ccc(F)cc3)s2)n1. The molecule has 10 nitrogen and oxygen atoms in total. The van der Waals surface area contributed by atoms with Crippen LogP contribution in [0.2, 0.25) is 0 Å². The number of amides is 2. The zero-order valence-electron chi connectivity index (χ0n) is 18.4. The molecule has 0 saturated carbocycles. The van der Waals surface area contributed by atoms with Gasteiger partial charge in [-0.3, -0.25) is 9.59 Å². The van der Waals surface area contributed by atoms with Crippen LogP contribution in [0.1, 0.15) is 12.3 Å². The zero-order chi connectivity index (χ0) is 24.6. The molecule has 0 atom stereocenters. The fourth-order valence-corrected chi connectivity index (χ4v) is 4.44. The molecular formula is C22H19FN6O4S2. The number of aromatic nitrogens is 4. The average molecular weight is 515 g/mol. The van der Waals surface area contributed by atoms with Crippen molar-refractivity contribution in [3.8, 4) is 17.1 Å². The minimum absolute atomic E-state index is 0.0889. The van der Waals surface area contributed by atoms with Crippen LogP contribution in [0, 0.1) is 5.82 Å². The normalized spacial score (nSPS) is 10.7. The molecule has 0 radical (unpaired) electrons. The molecule has 4 aromatic rings. The number of methoxy groups -OCH3 is 1. The van der Waals surface area contributed by atoms with Crippen molar-refractivity contribution in [1.82, 2.24) is 20.3 Å². The third kappa shape index (κ3) is 6.83. The van der Waals surface area contributed by atoms with Crippen LogP contribution in [0.3, 0.4) is 0 Å². The number of benzene rings is 2. The largest absolute Gasteiger partial charge is 0.496 e. The molecule has 0 spiro atoms. The molecule has 0 fully saturated rings. The van der Waals surface area contributed by atoms with E-state index in [-0.39, 0.29) is 36.2 Å². The molecule has 4 rings (SSSR count). The Balaban J connectivity index is 1.22. The van der Waals surface area contributed by atoms with Crippen LogP contribution >= 0.6 is 23.1 Å². The van der Waals surface area contributed by atoms with Crippen molar-refractivity contribution in [2.75, 3.05) is 23.5 Å². The maximum Gasteiger partial charge on any atom is 0.234 e. The lowest BCUT2D eigenvalue weighted by Crippen LogP contribution is -2.13. The van der Waals surface area contributed by atoms with E-state index < -0.39 is 0 Å². The van der Waals surface area contributed by atoms with Gasteiger partial charge in [-0.05, 0) is 36.4 Å². The Morgan fingerprint density at radius 3 is 2.69 bits per heavy atom. The summed E-state index contributed by atoms with van der Waals surface area (Å²) in [7, 11) is 1.56. The second kappa shape index (κ2) is 11.5. The number of carbonyl (C=O) groups is 2. The van der Waals surface area contributed by atoms with E-state index in [1.807, 2.05) is 18.2 Å². The number of para-hydroxylation sites is 1. The highest BCUT2D eigenvalue weighted by atomic mass is 32.2. The first-order valence-corrected chi connectivity index (χ1v) is 12.1. The standard InChI is InChI=1S/C22H19FN6O4S2/c1-32-16-5-3-2-4-15(16)20-26-19(33-29-20)11-10-17(30)25-21-27-28-22(35-21)34-12-18(31)24-14-8-6-13(23)7-9-14/h2-9H,10-12H2,1H3,(H,24,31)(H,25,27,30). The number of hydrogen-bond acceptors (Lipinski definition) is 10. The Morgan fingerprint density at radius 2 is 1.89 bits per heavy atom. The Hall–Kier alpha value is -3.84. The highest BCUT2D eigenvalue weighted by molar-refractivity contribution is 8.01. The number of thioether (sulfide) groups is 1. The van der Waals surface area contributed by atoms with Crippen molar-refractivity contribution in [3.05, 3.63) is 60.2 Å². The summed E-state index contributed by atoms with van der Waals surface area (Å²) in [6.07, 6.45) is 0.355. The zero-order valence-corrected chi connectivity index (χ0v) is 20.0. The van der Waals surface area contributed by atoms with Gasteiger partial charge < -0.3 is 19.9 Å². The smallest absolute Gasteiger partial charge is 0.234 e. The molecule has 0 aliphatic rings. The number of aryl methyl sites for hydroxylation is 1. The lowest BCUT2D eigenvalue weighted by Gasteiger charge is -2.03. The molecule has 0 bridgehead atoms. The first kappa shape index (κ1) is 24.3. The van der Waals surface area contributed by atoms with E-state index in [1.54, 1.807) is 13.2 Å². The van der Waals surface area contributed by atoms with E-state index in [2.05, 4.69) is 31.0 Å². The Kier molecular flexibility index (Phi) is 8.00. The van der Waals surface area contributed by atoms with Gasteiger partial charge >= 0.3 is 0 Å². The summed E-state index contributed by atoms with van der Waals surface area (Å²) >= 11 is 2.33. The summed E-state index contributed by atoms with van der Waals surface area (Å²) in [5.74, 6) is 0.476. The summed E-state index contributed by atoms with van der Waals surface area (Å²) in [6.45, 7) is 0. The van der Waals surface area contributed by atoms with Crippen molar-refractivity contribution in [2.24, 2.45) is 0 Å². The van der Waals surface area contributed by atoms with Crippen LogP contribution in [0.15, 0.2) is 57.4 Å². The van der Waals surface area contributed by atoms with Gasteiger partial charge in [-0.25, -0.2) is 4.39 Å². The lowest BCUT2D eigenvalue weighted by molar-refractivity contribution is -0.116. The second-order valence-corrected chi connectivity index (χ2v) is 9.18. The predicted molar refractivity (Wildman–Crippen MR) is 129 cm³/mol.